The number of carbonyl (C=O) groups excluding carboxylic acids is 1. The fourth-order valence-corrected chi connectivity index (χ4v) is 2.40. The van der Waals surface area contributed by atoms with Gasteiger partial charge in [0, 0.05) is 22.7 Å². The molecule has 0 amide bonds. The molecule has 3 aromatic rings. The van der Waals surface area contributed by atoms with Gasteiger partial charge in [-0.05, 0) is 54.1 Å². The van der Waals surface area contributed by atoms with Crippen molar-refractivity contribution >= 4 is 35.1 Å². The molecule has 3 heteroatoms. The molecule has 0 aliphatic rings. The maximum atomic E-state index is 10.6. The standard InChI is InChI=1S/C21H18N2O/c24-15-7-8-17-13-14-20(22-18-9-3-1-4-10-18)16-21(17)23-19-11-5-2-6-12-19/h1-16,22-23H. The molecule has 0 bridgehead atoms. The molecule has 0 fully saturated rings. The van der Waals surface area contributed by atoms with Gasteiger partial charge in [0.1, 0.15) is 6.29 Å². The fourth-order valence-electron chi connectivity index (χ4n) is 2.40. The lowest BCUT2D eigenvalue weighted by Crippen LogP contribution is -1.96. The molecule has 0 atom stereocenters. The monoisotopic (exact) mass is 314 g/mol. The quantitative estimate of drug-likeness (QED) is 0.473. The van der Waals surface area contributed by atoms with Gasteiger partial charge in [-0.15, -0.1) is 0 Å². The van der Waals surface area contributed by atoms with Gasteiger partial charge in [0.2, 0.25) is 0 Å². The van der Waals surface area contributed by atoms with Crippen LogP contribution in [0, 0.1) is 0 Å². The van der Waals surface area contributed by atoms with Crippen LogP contribution >= 0.6 is 0 Å². The average molecular weight is 314 g/mol. The molecule has 2 N–H and O–H groups in total. The Balaban J connectivity index is 1.91. The van der Waals surface area contributed by atoms with E-state index in [2.05, 4.69) is 10.6 Å². The van der Waals surface area contributed by atoms with Crippen molar-refractivity contribution in [2.75, 3.05) is 10.6 Å². The van der Waals surface area contributed by atoms with Crippen LogP contribution in [0.3, 0.4) is 0 Å². The number of para-hydroxylation sites is 2. The van der Waals surface area contributed by atoms with Crippen LogP contribution in [0.15, 0.2) is 84.9 Å². The van der Waals surface area contributed by atoms with Crippen LogP contribution in [0.5, 0.6) is 0 Å². The number of benzene rings is 3. The number of aldehydes is 1. The Labute approximate surface area is 141 Å². The number of nitrogens with one attached hydrogen (secondary N) is 2. The van der Waals surface area contributed by atoms with Gasteiger partial charge in [-0.3, -0.25) is 4.79 Å². The second kappa shape index (κ2) is 7.79. The third-order valence-electron chi connectivity index (χ3n) is 3.52. The van der Waals surface area contributed by atoms with Crippen LogP contribution in [0.2, 0.25) is 0 Å². The average Bonchev–Trinajstić information content (AvgIpc) is 2.63. The number of allylic oxidation sites excluding steroid dienone is 1. The van der Waals surface area contributed by atoms with E-state index >= 15 is 0 Å². The second-order valence-electron chi connectivity index (χ2n) is 5.28. The number of anilines is 4. The summed E-state index contributed by atoms with van der Waals surface area (Å²) in [5.74, 6) is 0. The molecule has 3 aromatic carbocycles. The van der Waals surface area contributed by atoms with Gasteiger partial charge in [-0.1, -0.05) is 42.5 Å². The molecule has 0 saturated heterocycles. The summed E-state index contributed by atoms with van der Waals surface area (Å²) in [6.07, 6.45) is 4.07. The van der Waals surface area contributed by atoms with E-state index in [0.29, 0.717) is 0 Å². The first kappa shape index (κ1) is 15.6. The lowest BCUT2D eigenvalue weighted by atomic mass is 10.1. The van der Waals surface area contributed by atoms with Crippen molar-refractivity contribution in [2.24, 2.45) is 0 Å². The van der Waals surface area contributed by atoms with E-state index < -0.39 is 0 Å². The largest absolute Gasteiger partial charge is 0.355 e. The molecular formula is C21H18N2O. The molecule has 0 aliphatic heterocycles. The maximum absolute atomic E-state index is 10.6. The number of carbonyl (C=O) groups is 1. The van der Waals surface area contributed by atoms with Crippen LogP contribution in [-0.4, -0.2) is 6.29 Å². The molecule has 0 unspecified atom stereocenters. The van der Waals surface area contributed by atoms with E-state index in [-0.39, 0.29) is 0 Å². The van der Waals surface area contributed by atoms with Crippen molar-refractivity contribution in [1.29, 1.82) is 0 Å². The van der Waals surface area contributed by atoms with E-state index in [1.54, 1.807) is 6.08 Å². The molecule has 0 spiro atoms. The summed E-state index contributed by atoms with van der Waals surface area (Å²) in [4.78, 5) is 10.6. The van der Waals surface area contributed by atoms with E-state index in [1.165, 1.54) is 6.08 Å². The highest BCUT2D eigenvalue weighted by Gasteiger charge is 2.03. The van der Waals surface area contributed by atoms with Gasteiger partial charge in [0.15, 0.2) is 0 Å². The van der Waals surface area contributed by atoms with Crippen molar-refractivity contribution < 1.29 is 4.79 Å². The summed E-state index contributed by atoms with van der Waals surface area (Å²) >= 11 is 0. The second-order valence-corrected chi connectivity index (χ2v) is 5.28. The summed E-state index contributed by atoms with van der Waals surface area (Å²) in [6, 6.07) is 26.0. The van der Waals surface area contributed by atoms with E-state index in [4.69, 9.17) is 0 Å². The van der Waals surface area contributed by atoms with Crippen molar-refractivity contribution in [3.63, 3.8) is 0 Å². The molecule has 0 aromatic heterocycles. The van der Waals surface area contributed by atoms with E-state index in [9.17, 15) is 4.79 Å². The minimum absolute atomic E-state index is 0.780. The van der Waals surface area contributed by atoms with Crippen LogP contribution < -0.4 is 10.6 Å². The van der Waals surface area contributed by atoms with Crippen molar-refractivity contribution in [1.82, 2.24) is 0 Å². The number of hydrogen-bond donors (Lipinski definition) is 2. The Morgan fingerprint density at radius 2 is 1.29 bits per heavy atom. The molecule has 0 radical (unpaired) electrons. The first-order chi connectivity index (χ1) is 11.8. The lowest BCUT2D eigenvalue weighted by molar-refractivity contribution is -0.104. The molecule has 0 saturated carbocycles. The van der Waals surface area contributed by atoms with Gasteiger partial charge in [-0.2, -0.15) is 0 Å². The minimum atomic E-state index is 0.780. The molecule has 3 rings (SSSR count). The Bertz CT molecular complexity index is 827. The summed E-state index contributed by atoms with van der Waals surface area (Å²) in [6.45, 7) is 0. The van der Waals surface area contributed by atoms with Crippen molar-refractivity contribution in [3.05, 3.63) is 90.5 Å². The summed E-state index contributed by atoms with van der Waals surface area (Å²) in [7, 11) is 0. The summed E-state index contributed by atoms with van der Waals surface area (Å²) in [5, 5.41) is 6.78. The van der Waals surface area contributed by atoms with Gasteiger partial charge in [0.25, 0.3) is 0 Å². The highest BCUT2D eigenvalue weighted by atomic mass is 16.1. The first-order valence-electron chi connectivity index (χ1n) is 7.75. The van der Waals surface area contributed by atoms with Crippen LogP contribution in [0.4, 0.5) is 22.7 Å². The number of hydrogen-bond acceptors (Lipinski definition) is 3. The molecule has 118 valence electrons. The number of rotatable bonds is 6. The van der Waals surface area contributed by atoms with Crippen LogP contribution in [0.1, 0.15) is 5.56 Å². The zero-order valence-corrected chi connectivity index (χ0v) is 13.1. The van der Waals surface area contributed by atoms with Crippen LogP contribution in [0.25, 0.3) is 6.08 Å². The van der Waals surface area contributed by atoms with Gasteiger partial charge in [-0.25, -0.2) is 0 Å². The van der Waals surface area contributed by atoms with Crippen molar-refractivity contribution in [2.45, 2.75) is 0 Å². The smallest absolute Gasteiger partial charge is 0.142 e. The normalized spacial score (nSPS) is 10.5. The first-order valence-corrected chi connectivity index (χ1v) is 7.75. The van der Waals surface area contributed by atoms with Gasteiger partial charge >= 0.3 is 0 Å². The highest BCUT2D eigenvalue weighted by molar-refractivity contribution is 5.81. The molecule has 0 heterocycles. The third-order valence-corrected chi connectivity index (χ3v) is 3.52. The summed E-state index contributed by atoms with van der Waals surface area (Å²) in [5.41, 5.74) is 4.88. The highest BCUT2D eigenvalue weighted by Crippen LogP contribution is 2.27. The zero-order chi connectivity index (χ0) is 16.6. The Morgan fingerprint density at radius 3 is 1.92 bits per heavy atom. The zero-order valence-electron chi connectivity index (χ0n) is 13.1. The van der Waals surface area contributed by atoms with E-state index in [0.717, 1.165) is 34.6 Å². The molecule has 24 heavy (non-hydrogen) atoms. The molecule has 3 nitrogen and oxygen atoms in total. The lowest BCUT2D eigenvalue weighted by Gasteiger charge is -2.13. The SMILES string of the molecule is O=CC=Cc1ccc(Nc2ccccc2)cc1Nc1ccccc1. The topological polar surface area (TPSA) is 41.1 Å². The Kier molecular flexibility index (Phi) is 5.05. The Hall–Kier alpha value is -3.33. The van der Waals surface area contributed by atoms with Gasteiger partial charge < -0.3 is 10.6 Å². The maximum Gasteiger partial charge on any atom is 0.142 e. The molecule has 0 aliphatic carbocycles. The predicted molar refractivity (Wildman–Crippen MR) is 101 cm³/mol. The van der Waals surface area contributed by atoms with E-state index in [1.807, 2.05) is 78.9 Å². The third kappa shape index (κ3) is 4.11. The van der Waals surface area contributed by atoms with Crippen LogP contribution in [-0.2, 0) is 4.79 Å². The minimum Gasteiger partial charge on any atom is -0.355 e. The Morgan fingerprint density at radius 1 is 0.667 bits per heavy atom. The van der Waals surface area contributed by atoms with Gasteiger partial charge in [0.05, 0.1) is 0 Å². The molecular weight excluding hydrogens is 296 g/mol. The fraction of sp³-hybridized carbons (Fsp3) is 0. The summed E-state index contributed by atoms with van der Waals surface area (Å²) < 4.78 is 0. The predicted octanol–water partition coefficient (Wildman–Crippen LogP) is 5.39. The van der Waals surface area contributed by atoms with Crippen molar-refractivity contribution in [3.8, 4) is 0 Å².